The Kier molecular flexibility index (Phi) is 7.29. The van der Waals surface area contributed by atoms with Crippen molar-refractivity contribution in [3.63, 3.8) is 0 Å². The predicted molar refractivity (Wildman–Crippen MR) is 107 cm³/mol. The van der Waals surface area contributed by atoms with Crippen LogP contribution in [-0.2, 0) is 29.4 Å². The zero-order valence-corrected chi connectivity index (χ0v) is 16.9. The zero-order chi connectivity index (χ0) is 19.1. The maximum atomic E-state index is 12.0. The molecule has 3 rings (SSSR count). The van der Waals surface area contributed by atoms with Crippen LogP contribution in [0.1, 0.15) is 36.2 Å². The number of hydrogen-bond acceptors (Lipinski definition) is 5. The zero-order valence-electron chi connectivity index (χ0n) is 16.1. The molecule has 1 fully saturated rings. The first-order chi connectivity index (χ1) is 13.1. The molecule has 1 aromatic heterocycles. The molecule has 0 aliphatic carbocycles. The van der Waals surface area contributed by atoms with Gasteiger partial charge in [0.15, 0.2) is 5.16 Å². The lowest BCUT2D eigenvalue weighted by atomic mass is 10.1. The highest BCUT2D eigenvalue weighted by molar-refractivity contribution is 7.99. The van der Waals surface area contributed by atoms with E-state index in [1.54, 1.807) is 11.8 Å². The molecule has 1 unspecified atom stereocenters. The van der Waals surface area contributed by atoms with Gasteiger partial charge >= 0.3 is 0 Å². The minimum atomic E-state index is 0.0747. The van der Waals surface area contributed by atoms with Crippen molar-refractivity contribution in [2.24, 2.45) is 7.05 Å². The Bertz CT molecular complexity index is 739. The summed E-state index contributed by atoms with van der Waals surface area (Å²) < 4.78 is 7.66. The van der Waals surface area contributed by atoms with E-state index < -0.39 is 0 Å². The number of amides is 1. The third-order valence-electron chi connectivity index (χ3n) is 4.78. The number of aryl methyl sites for hydroxylation is 2. The number of carbonyl (C=O) groups excluding carboxylic acids is 1. The SMILES string of the molecule is Cc1ccc(CCC(=O)NCCc2nnc(SCC3CCCO3)n2C)cc1. The van der Waals surface area contributed by atoms with E-state index in [1.807, 2.05) is 11.6 Å². The van der Waals surface area contributed by atoms with Gasteiger partial charge in [-0.2, -0.15) is 0 Å². The molecular weight excluding hydrogens is 360 g/mol. The van der Waals surface area contributed by atoms with Gasteiger partial charge in [0.25, 0.3) is 0 Å². The summed E-state index contributed by atoms with van der Waals surface area (Å²) in [6.45, 7) is 3.52. The number of aromatic nitrogens is 3. The van der Waals surface area contributed by atoms with Crippen LogP contribution in [0.15, 0.2) is 29.4 Å². The molecule has 2 aromatic rings. The molecule has 7 heteroatoms. The fraction of sp³-hybridized carbons (Fsp3) is 0.550. The van der Waals surface area contributed by atoms with Crippen molar-refractivity contribution in [2.45, 2.75) is 50.3 Å². The normalized spacial score (nSPS) is 16.6. The molecule has 1 aromatic carbocycles. The molecule has 0 spiro atoms. The van der Waals surface area contributed by atoms with Gasteiger partial charge in [0.2, 0.25) is 5.91 Å². The van der Waals surface area contributed by atoms with Gasteiger partial charge in [-0.25, -0.2) is 0 Å². The summed E-state index contributed by atoms with van der Waals surface area (Å²) in [5, 5.41) is 12.4. The van der Waals surface area contributed by atoms with Gasteiger partial charge < -0.3 is 14.6 Å². The smallest absolute Gasteiger partial charge is 0.220 e. The maximum Gasteiger partial charge on any atom is 0.220 e. The van der Waals surface area contributed by atoms with Gasteiger partial charge in [-0.1, -0.05) is 41.6 Å². The van der Waals surface area contributed by atoms with Crippen LogP contribution in [0.2, 0.25) is 0 Å². The first-order valence-electron chi connectivity index (χ1n) is 9.57. The Morgan fingerprint density at radius 2 is 2.11 bits per heavy atom. The van der Waals surface area contributed by atoms with Crippen LogP contribution in [0.4, 0.5) is 0 Å². The van der Waals surface area contributed by atoms with E-state index in [0.717, 1.165) is 42.6 Å². The first kappa shape index (κ1) is 19.9. The predicted octanol–water partition coefficient (Wildman–Crippen LogP) is 2.69. The summed E-state index contributed by atoms with van der Waals surface area (Å²) in [6.07, 6.45) is 4.57. The lowest BCUT2D eigenvalue weighted by Gasteiger charge is -2.08. The van der Waals surface area contributed by atoms with Crippen molar-refractivity contribution < 1.29 is 9.53 Å². The van der Waals surface area contributed by atoms with E-state index in [2.05, 4.69) is 46.7 Å². The molecule has 146 valence electrons. The Hall–Kier alpha value is -1.86. The maximum absolute atomic E-state index is 12.0. The van der Waals surface area contributed by atoms with E-state index in [0.29, 0.717) is 25.5 Å². The van der Waals surface area contributed by atoms with Crippen molar-refractivity contribution in [1.82, 2.24) is 20.1 Å². The van der Waals surface area contributed by atoms with E-state index in [9.17, 15) is 4.79 Å². The molecule has 1 amide bonds. The van der Waals surface area contributed by atoms with E-state index in [1.165, 1.54) is 11.1 Å². The van der Waals surface area contributed by atoms with Crippen molar-refractivity contribution in [2.75, 3.05) is 18.9 Å². The van der Waals surface area contributed by atoms with Crippen LogP contribution in [0.3, 0.4) is 0 Å². The minimum Gasteiger partial charge on any atom is -0.377 e. The lowest BCUT2D eigenvalue weighted by Crippen LogP contribution is -2.26. The van der Waals surface area contributed by atoms with Crippen LogP contribution in [0, 0.1) is 6.92 Å². The van der Waals surface area contributed by atoms with Crippen LogP contribution >= 0.6 is 11.8 Å². The highest BCUT2D eigenvalue weighted by Gasteiger charge is 2.17. The molecule has 0 bridgehead atoms. The van der Waals surface area contributed by atoms with E-state index in [4.69, 9.17) is 4.74 Å². The summed E-state index contributed by atoms with van der Waals surface area (Å²) in [5.41, 5.74) is 2.43. The second kappa shape index (κ2) is 9.90. The number of thioether (sulfide) groups is 1. The summed E-state index contributed by atoms with van der Waals surface area (Å²) in [6, 6.07) is 8.32. The molecule has 1 aliphatic rings. The fourth-order valence-electron chi connectivity index (χ4n) is 3.05. The first-order valence-corrected chi connectivity index (χ1v) is 10.6. The van der Waals surface area contributed by atoms with E-state index in [-0.39, 0.29) is 5.91 Å². The summed E-state index contributed by atoms with van der Waals surface area (Å²) in [7, 11) is 1.98. The minimum absolute atomic E-state index is 0.0747. The van der Waals surface area contributed by atoms with Gasteiger partial charge in [-0.05, 0) is 31.7 Å². The van der Waals surface area contributed by atoms with Gasteiger partial charge in [0.1, 0.15) is 5.82 Å². The quantitative estimate of drug-likeness (QED) is 0.669. The van der Waals surface area contributed by atoms with Crippen molar-refractivity contribution in [1.29, 1.82) is 0 Å². The summed E-state index contributed by atoms with van der Waals surface area (Å²) in [5.74, 6) is 1.89. The third kappa shape index (κ3) is 6.07. The second-order valence-electron chi connectivity index (χ2n) is 6.99. The molecule has 0 radical (unpaired) electrons. The molecule has 1 saturated heterocycles. The topological polar surface area (TPSA) is 69.0 Å². The molecule has 0 saturated carbocycles. The number of benzene rings is 1. The van der Waals surface area contributed by atoms with Crippen molar-refractivity contribution >= 4 is 17.7 Å². The summed E-state index contributed by atoms with van der Waals surface area (Å²) in [4.78, 5) is 12.0. The molecule has 1 N–H and O–H groups in total. The number of ether oxygens (including phenoxy) is 1. The Labute approximate surface area is 165 Å². The van der Waals surface area contributed by atoms with Crippen molar-refractivity contribution in [3.8, 4) is 0 Å². The monoisotopic (exact) mass is 388 g/mol. The fourth-order valence-corrected chi connectivity index (χ4v) is 4.04. The molecular formula is C20H28N4O2S. The van der Waals surface area contributed by atoms with Gasteiger partial charge in [-0.15, -0.1) is 10.2 Å². The van der Waals surface area contributed by atoms with Crippen LogP contribution in [-0.4, -0.2) is 45.7 Å². The Morgan fingerprint density at radius 3 is 2.85 bits per heavy atom. The third-order valence-corrected chi connectivity index (χ3v) is 5.93. The molecule has 27 heavy (non-hydrogen) atoms. The van der Waals surface area contributed by atoms with Crippen LogP contribution < -0.4 is 5.32 Å². The number of nitrogens with one attached hydrogen (secondary N) is 1. The van der Waals surface area contributed by atoms with Gasteiger partial charge in [0, 0.05) is 38.8 Å². The Balaban J connectivity index is 1.36. The largest absolute Gasteiger partial charge is 0.377 e. The average molecular weight is 389 g/mol. The number of nitrogens with zero attached hydrogens (tertiary/aromatic N) is 3. The lowest BCUT2D eigenvalue weighted by molar-refractivity contribution is -0.121. The highest BCUT2D eigenvalue weighted by atomic mass is 32.2. The molecule has 2 heterocycles. The summed E-state index contributed by atoms with van der Waals surface area (Å²) >= 11 is 1.69. The van der Waals surface area contributed by atoms with E-state index >= 15 is 0 Å². The van der Waals surface area contributed by atoms with Gasteiger partial charge in [-0.3, -0.25) is 4.79 Å². The molecule has 6 nitrogen and oxygen atoms in total. The number of carbonyl (C=O) groups is 1. The molecule has 1 atom stereocenters. The van der Waals surface area contributed by atoms with Gasteiger partial charge in [0.05, 0.1) is 6.10 Å². The second-order valence-corrected chi connectivity index (χ2v) is 7.98. The van der Waals surface area contributed by atoms with Crippen LogP contribution in [0.25, 0.3) is 0 Å². The number of hydrogen-bond donors (Lipinski definition) is 1. The average Bonchev–Trinajstić information content (AvgIpc) is 3.30. The highest BCUT2D eigenvalue weighted by Crippen LogP contribution is 2.22. The van der Waals surface area contributed by atoms with Crippen LogP contribution in [0.5, 0.6) is 0 Å². The van der Waals surface area contributed by atoms with Crippen molar-refractivity contribution in [3.05, 3.63) is 41.2 Å². The standard InChI is InChI=1S/C20H28N4O2S/c1-15-5-7-16(8-6-15)9-10-19(25)21-12-11-18-22-23-20(24(18)2)27-14-17-4-3-13-26-17/h5-8,17H,3-4,9-14H2,1-2H3,(H,21,25). The Morgan fingerprint density at radius 1 is 1.30 bits per heavy atom. The molecule has 1 aliphatic heterocycles. The number of rotatable bonds is 9.